The minimum atomic E-state index is -0.470. The quantitative estimate of drug-likeness (QED) is 0.635. The fraction of sp³-hybridized carbons (Fsp3) is 0.364. The van der Waals surface area contributed by atoms with Gasteiger partial charge in [-0.3, -0.25) is 4.79 Å². The number of carbonyl (C=O) groups is 1. The van der Waals surface area contributed by atoms with Gasteiger partial charge in [-0.2, -0.15) is 0 Å². The molecule has 4 nitrogen and oxygen atoms in total. The molecule has 0 amide bonds. The standard InChI is InChI=1S/C11H14Br2N2O2/c1-2-17-10(16)5-9(14)7-3-6(12)4-8(13)11(7)15/h3-4,9H,2,5,14-15H2,1H3/t9-/m0/s1. The molecule has 1 atom stereocenters. The number of hydrogen-bond acceptors (Lipinski definition) is 4. The van der Waals surface area contributed by atoms with Crippen LogP contribution in [0.25, 0.3) is 0 Å². The van der Waals surface area contributed by atoms with Crippen LogP contribution in [0.1, 0.15) is 24.9 Å². The van der Waals surface area contributed by atoms with Crippen molar-refractivity contribution in [3.8, 4) is 0 Å². The third kappa shape index (κ3) is 3.97. The predicted molar refractivity (Wildman–Crippen MR) is 74.4 cm³/mol. The van der Waals surface area contributed by atoms with Gasteiger partial charge in [-0.05, 0) is 40.5 Å². The van der Waals surface area contributed by atoms with Gasteiger partial charge in [0.2, 0.25) is 0 Å². The van der Waals surface area contributed by atoms with Crippen LogP contribution in [0.15, 0.2) is 21.1 Å². The highest BCUT2D eigenvalue weighted by atomic mass is 79.9. The van der Waals surface area contributed by atoms with Gasteiger partial charge >= 0.3 is 5.97 Å². The van der Waals surface area contributed by atoms with E-state index in [1.54, 1.807) is 6.92 Å². The average molecular weight is 366 g/mol. The first-order chi connectivity index (χ1) is 7.95. The Balaban J connectivity index is 2.88. The highest BCUT2D eigenvalue weighted by molar-refractivity contribution is 9.11. The normalized spacial score (nSPS) is 12.2. The molecule has 0 bridgehead atoms. The van der Waals surface area contributed by atoms with Crippen LogP contribution in [0.3, 0.4) is 0 Å². The molecule has 6 heteroatoms. The van der Waals surface area contributed by atoms with Crippen molar-refractivity contribution >= 4 is 43.5 Å². The first-order valence-electron chi connectivity index (χ1n) is 5.11. The fourth-order valence-corrected chi connectivity index (χ4v) is 2.68. The monoisotopic (exact) mass is 364 g/mol. The molecule has 0 spiro atoms. The first-order valence-corrected chi connectivity index (χ1v) is 6.70. The van der Waals surface area contributed by atoms with E-state index in [-0.39, 0.29) is 12.4 Å². The van der Waals surface area contributed by atoms with Gasteiger partial charge in [-0.15, -0.1) is 0 Å². The Bertz CT molecular complexity index is 424. The van der Waals surface area contributed by atoms with Gasteiger partial charge < -0.3 is 16.2 Å². The van der Waals surface area contributed by atoms with Crippen LogP contribution < -0.4 is 11.5 Å². The van der Waals surface area contributed by atoms with E-state index >= 15 is 0 Å². The first kappa shape index (κ1) is 14.5. The number of ether oxygens (including phenoxy) is 1. The fourth-order valence-electron chi connectivity index (χ4n) is 1.42. The lowest BCUT2D eigenvalue weighted by atomic mass is 10.0. The van der Waals surface area contributed by atoms with Crippen LogP contribution in [0.4, 0.5) is 5.69 Å². The number of esters is 1. The van der Waals surface area contributed by atoms with Crippen molar-refractivity contribution in [1.29, 1.82) is 0 Å². The smallest absolute Gasteiger partial charge is 0.307 e. The lowest BCUT2D eigenvalue weighted by Crippen LogP contribution is -2.18. The van der Waals surface area contributed by atoms with E-state index in [0.717, 1.165) is 14.5 Å². The van der Waals surface area contributed by atoms with Crippen LogP contribution in [0, 0.1) is 0 Å². The van der Waals surface area contributed by atoms with E-state index < -0.39 is 6.04 Å². The minimum absolute atomic E-state index is 0.112. The van der Waals surface area contributed by atoms with E-state index in [1.807, 2.05) is 12.1 Å². The summed E-state index contributed by atoms with van der Waals surface area (Å²) in [7, 11) is 0. The second-order valence-electron chi connectivity index (χ2n) is 3.51. The van der Waals surface area contributed by atoms with Gasteiger partial charge in [0.05, 0.1) is 18.7 Å². The van der Waals surface area contributed by atoms with Crippen molar-refractivity contribution in [1.82, 2.24) is 0 Å². The molecule has 0 aromatic heterocycles. The number of rotatable bonds is 4. The van der Waals surface area contributed by atoms with Crippen LogP contribution in [0.5, 0.6) is 0 Å². The summed E-state index contributed by atoms with van der Waals surface area (Å²) in [5, 5.41) is 0. The van der Waals surface area contributed by atoms with Gasteiger partial charge in [-0.25, -0.2) is 0 Å². The summed E-state index contributed by atoms with van der Waals surface area (Å²) in [6, 6.07) is 3.17. The summed E-state index contributed by atoms with van der Waals surface area (Å²) < 4.78 is 6.46. The number of nitrogen functional groups attached to an aromatic ring is 1. The average Bonchev–Trinajstić information content (AvgIpc) is 2.23. The van der Waals surface area contributed by atoms with E-state index in [1.165, 1.54) is 0 Å². The second-order valence-corrected chi connectivity index (χ2v) is 5.28. The van der Waals surface area contributed by atoms with Crippen LogP contribution >= 0.6 is 31.9 Å². The maximum Gasteiger partial charge on any atom is 0.307 e. The molecule has 0 aliphatic carbocycles. The maximum absolute atomic E-state index is 11.3. The Hall–Kier alpha value is -0.590. The number of hydrogen-bond donors (Lipinski definition) is 2. The topological polar surface area (TPSA) is 78.3 Å². The number of halogens is 2. The highest BCUT2D eigenvalue weighted by Crippen LogP contribution is 2.32. The summed E-state index contributed by atoms with van der Waals surface area (Å²) in [5.74, 6) is -0.324. The van der Waals surface area contributed by atoms with Crippen molar-refractivity contribution in [2.45, 2.75) is 19.4 Å². The Kier molecular flexibility index (Phi) is 5.42. The minimum Gasteiger partial charge on any atom is -0.466 e. The zero-order valence-electron chi connectivity index (χ0n) is 9.37. The molecule has 0 saturated heterocycles. The SMILES string of the molecule is CCOC(=O)C[C@H](N)c1cc(Br)cc(Br)c1N. The Morgan fingerprint density at radius 3 is 2.71 bits per heavy atom. The molecule has 0 unspecified atom stereocenters. The number of carbonyl (C=O) groups excluding carboxylic acids is 1. The molecule has 1 rings (SSSR count). The van der Waals surface area contributed by atoms with Gasteiger partial charge in [0.15, 0.2) is 0 Å². The molecule has 1 aromatic carbocycles. The van der Waals surface area contributed by atoms with E-state index in [0.29, 0.717) is 12.3 Å². The molecular weight excluding hydrogens is 352 g/mol. The van der Waals surface area contributed by atoms with Gasteiger partial charge in [0, 0.05) is 15.0 Å². The van der Waals surface area contributed by atoms with Crippen LogP contribution in [0.2, 0.25) is 0 Å². The molecule has 0 saturated carbocycles. The molecule has 0 fully saturated rings. The molecule has 0 aliphatic heterocycles. The molecule has 94 valence electrons. The molecule has 0 aliphatic rings. The van der Waals surface area contributed by atoms with Crippen LogP contribution in [-0.4, -0.2) is 12.6 Å². The van der Waals surface area contributed by atoms with Crippen molar-refractivity contribution in [3.05, 3.63) is 26.6 Å². The highest BCUT2D eigenvalue weighted by Gasteiger charge is 2.17. The zero-order valence-corrected chi connectivity index (χ0v) is 12.5. The molecule has 4 N–H and O–H groups in total. The Morgan fingerprint density at radius 1 is 1.47 bits per heavy atom. The zero-order chi connectivity index (χ0) is 13.0. The second kappa shape index (κ2) is 6.37. The molecular formula is C11H14Br2N2O2. The van der Waals surface area contributed by atoms with E-state index in [2.05, 4.69) is 31.9 Å². The third-order valence-electron chi connectivity index (χ3n) is 2.22. The van der Waals surface area contributed by atoms with Gasteiger partial charge in [-0.1, -0.05) is 15.9 Å². The predicted octanol–water partition coefficient (Wildman–Crippen LogP) is 2.75. The number of nitrogens with two attached hydrogens (primary N) is 2. The summed E-state index contributed by atoms with van der Waals surface area (Å²) >= 11 is 6.69. The van der Waals surface area contributed by atoms with E-state index in [9.17, 15) is 4.79 Å². The Labute approximate surface area is 117 Å². The Morgan fingerprint density at radius 2 is 2.12 bits per heavy atom. The lowest BCUT2D eigenvalue weighted by molar-refractivity contribution is -0.143. The van der Waals surface area contributed by atoms with Crippen molar-refractivity contribution in [2.75, 3.05) is 12.3 Å². The maximum atomic E-state index is 11.3. The number of benzene rings is 1. The van der Waals surface area contributed by atoms with Gasteiger partial charge in [0.1, 0.15) is 0 Å². The summed E-state index contributed by atoms with van der Waals surface area (Å²) in [6.45, 7) is 2.11. The van der Waals surface area contributed by atoms with Crippen molar-refractivity contribution in [3.63, 3.8) is 0 Å². The number of anilines is 1. The summed E-state index contributed by atoms with van der Waals surface area (Å²) in [6.07, 6.45) is 0.112. The summed E-state index contributed by atoms with van der Waals surface area (Å²) in [4.78, 5) is 11.3. The molecule has 0 radical (unpaired) electrons. The van der Waals surface area contributed by atoms with Crippen LogP contribution in [-0.2, 0) is 9.53 Å². The molecule has 0 heterocycles. The third-order valence-corrected chi connectivity index (χ3v) is 3.33. The van der Waals surface area contributed by atoms with Crippen molar-refractivity contribution in [2.24, 2.45) is 5.73 Å². The lowest BCUT2D eigenvalue weighted by Gasteiger charge is -2.15. The largest absolute Gasteiger partial charge is 0.466 e. The summed E-state index contributed by atoms with van der Waals surface area (Å²) in [5.41, 5.74) is 13.1. The molecule has 17 heavy (non-hydrogen) atoms. The van der Waals surface area contributed by atoms with Crippen molar-refractivity contribution < 1.29 is 9.53 Å². The van der Waals surface area contributed by atoms with E-state index in [4.69, 9.17) is 16.2 Å². The van der Waals surface area contributed by atoms with Gasteiger partial charge in [0.25, 0.3) is 0 Å². The molecule has 1 aromatic rings.